The quantitative estimate of drug-likeness (QED) is 0.794. The molecular weight excluding hydrogens is 250 g/mol. The lowest BCUT2D eigenvalue weighted by atomic mass is 10.0. The lowest BCUT2D eigenvalue weighted by molar-refractivity contribution is -0.135. The third-order valence-electron chi connectivity index (χ3n) is 3.47. The first kappa shape index (κ1) is 13.7. The van der Waals surface area contributed by atoms with E-state index >= 15 is 0 Å². The van der Waals surface area contributed by atoms with Crippen LogP contribution < -0.4 is 10.6 Å². The van der Waals surface area contributed by atoms with Crippen molar-refractivity contribution < 1.29 is 9.59 Å². The van der Waals surface area contributed by atoms with E-state index in [2.05, 4.69) is 17.6 Å². The second-order valence-electron chi connectivity index (χ2n) is 4.81. The van der Waals surface area contributed by atoms with Crippen molar-refractivity contribution in [3.05, 3.63) is 0 Å². The molecule has 2 rings (SSSR count). The summed E-state index contributed by atoms with van der Waals surface area (Å²) in [7, 11) is 0. The molecule has 1 atom stereocenters. The van der Waals surface area contributed by atoms with Crippen LogP contribution in [0.2, 0.25) is 0 Å². The van der Waals surface area contributed by atoms with Gasteiger partial charge in [0.2, 0.25) is 5.91 Å². The molecule has 2 aliphatic rings. The molecule has 0 radical (unpaired) electrons. The molecule has 5 nitrogen and oxygen atoms in total. The first-order chi connectivity index (χ1) is 8.72. The molecule has 2 N–H and O–H groups in total. The average Bonchev–Trinajstić information content (AvgIpc) is 2.83. The van der Waals surface area contributed by atoms with Crippen LogP contribution in [0.25, 0.3) is 0 Å². The molecule has 18 heavy (non-hydrogen) atoms. The molecule has 0 aromatic rings. The van der Waals surface area contributed by atoms with Gasteiger partial charge in [-0.25, -0.2) is 0 Å². The zero-order valence-electron chi connectivity index (χ0n) is 10.8. The maximum atomic E-state index is 12.5. The molecule has 0 aromatic carbocycles. The van der Waals surface area contributed by atoms with Gasteiger partial charge in [0, 0.05) is 18.3 Å². The third-order valence-corrected chi connectivity index (χ3v) is 4.35. The minimum absolute atomic E-state index is 0.0740. The largest absolute Gasteiger partial charge is 0.338 e. The Balaban J connectivity index is 1.99. The van der Waals surface area contributed by atoms with E-state index in [1.165, 1.54) is 11.8 Å². The summed E-state index contributed by atoms with van der Waals surface area (Å²) >= 11 is 1.21. The molecule has 0 saturated carbocycles. The van der Waals surface area contributed by atoms with Gasteiger partial charge in [0.05, 0.1) is 0 Å². The number of carbonyl (C=O) groups excluding carboxylic acids is 2. The van der Waals surface area contributed by atoms with Gasteiger partial charge in [0.15, 0.2) is 0 Å². The van der Waals surface area contributed by atoms with Gasteiger partial charge in [-0.3, -0.25) is 9.59 Å². The van der Waals surface area contributed by atoms with Crippen molar-refractivity contribution in [1.82, 2.24) is 15.5 Å². The van der Waals surface area contributed by atoms with Gasteiger partial charge in [0.25, 0.3) is 5.24 Å². The zero-order valence-corrected chi connectivity index (χ0v) is 11.6. The number of nitrogens with one attached hydrogen (secondary N) is 2. The number of piperidine rings is 1. The summed E-state index contributed by atoms with van der Waals surface area (Å²) in [6.45, 7) is 4.83. The van der Waals surface area contributed by atoms with Crippen molar-refractivity contribution in [2.45, 2.75) is 38.3 Å². The van der Waals surface area contributed by atoms with Crippen molar-refractivity contribution in [2.75, 3.05) is 25.4 Å². The molecule has 2 fully saturated rings. The van der Waals surface area contributed by atoms with E-state index in [1.807, 2.05) is 4.90 Å². The van der Waals surface area contributed by atoms with Crippen molar-refractivity contribution in [3.8, 4) is 0 Å². The summed E-state index contributed by atoms with van der Waals surface area (Å²) in [6.07, 6.45) is 2.99. The molecule has 2 heterocycles. The van der Waals surface area contributed by atoms with Gasteiger partial charge in [-0.2, -0.15) is 0 Å². The first-order valence-electron chi connectivity index (χ1n) is 6.67. The zero-order chi connectivity index (χ0) is 13.0. The van der Waals surface area contributed by atoms with Crippen LogP contribution in [-0.4, -0.2) is 53.5 Å². The second-order valence-corrected chi connectivity index (χ2v) is 5.80. The predicted octanol–water partition coefficient (Wildman–Crippen LogP) is 0.802. The van der Waals surface area contributed by atoms with Crippen LogP contribution in [0.1, 0.15) is 26.2 Å². The Kier molecular flexibility index (Phi) is 4.88. The van der Waals surface area contributed by atoms with Gasteiger partial charge in [-0.15, -0.1) is 0 Å². The van der Waals surface area contributed by atoms with E-state index in [0.29, 0.717) is 11.8 Å². The number of carbonyl (C=O) groups is 2. The van der Waals surface area contributed by atoms with Gasteiger partial charge < -0.3 is 15.5 Å². The molecule has 2 amide bonds. The highest BCUT2D eigenvalue weighted by molar-refractivity contribution is 8.14. The first-order valence-corrected chi connectivity index (χ1v) is 7.65. The Morgan fingerprint density at radius 2 is 2.17 bits per heavy atom. The fourth-order valence-electron chi connectivity index (χ4n) is 2.55. The van der Waals surface area contributed by atoms with E-state index in [1.54, 1.807) is 0 Å². The van der Waals surface area contributed by atoms with Gasteiger partial charge in [0.1, 0.15) is 6.04 Å². The molecule has 2 saturated heterocycles. The van der Waals surface area contributed by atoms with E-state index in [4.69, 9.17) is 0 Å². The molecule has 0 spiro atoms. The van der Waals surface area contributed by atoms with Gasteiger partial charge >= 0.3 is 0 Å². The smallest absolute Gasteiger partial charge is 0.279 e. The van der Waals surface area contributed by atoms with Crippen LogP contribution in [0.4, 0.5) is 4.79 Å². The highest BCUT2D eigenvalue weighted by Gasteiger charge is 2.34. The number of rotatable bonds is 4. The Hall–Kier alpha value is -0.750. The van der Waals surface area contributed by atoms with Crippen molar-refractivity contribution in [3.63, 3.8) is 0 Å². The molecule has 0 unspecified atom stereocenters. The topological polar surface area (TPSA) is 61.4 Å². The van der Waals surface area contributed by atoms with Gasteiger partial charge in [-0.1, -0.05) is 18.7 Å². The van der Waals surface area contributed by atoms with Crippen molar-refractivity contribution in [1.29, 1.82) is 0 Å². The fraction of sp³-hybridized carbons (Fsp3) is 0.833. The molecule has 102 valence electrons. The van der Waals surface area contributed by atoms with E-state index in [9.17, 15) is 9.59 Å². The normalized spacial score (nSPS) is 24.9. The number of hydrogen-bond donors (Lipinski definition) is 2. The molecular formula is C12H21N3O2S. The molecule has 2 aliphatic heterocycles. The molecule has 6 heteroatoms. The Morgan fingerprint density at radius 1 is 1.44 bits per heavy atom. The maximum absolute atomic E-state index is 12.5. The summed E-state index contributed by atoms with van der Waals surface area (Å²) in [5.74, 6) is 0.671. The van der Waals surface area contributed by atoms with Crippen LogP contribution in [-0.2, 0) is 4.79 Å². The summed E-state index contributed by atoms with van der Waals surface area (Å²) in [5.41, 5.74) is 0. The summed E-state index contributed by atoms with van der Waals surface area (Å²) in [5, 5.41) is 5.99. The predicted molar refractivity (Wildman–Crippen MR) is 72.7 cm³/mol. The van der Waals surface area contributed by atoms with E-state index in [-0.39, 0.29) is 17.2 Å². The summed E-state index contributed by atoms with van der Waals surface area (Å²) in [6, 6.07) is 0.0186. The van der Waals surface area contributed by atoms with E-state index < -0.39 is 0 Å². The molecule has 0 aliphatic carbocycles. The minimum Gasteiger partial charge on any atom is -0.338 e. The van der Waals surface area contributed by atoms with Crippen molar-refractivity contribution >= 4 is 22.9 Å². The van der Waals surface area contributed by atoms with Crippen LogP contribution >= 0.6 is 11.8 Å². The number of hydrogen-bond acceptors (Lipinski definition) is 4. The number of amides is 2. The van der Waals surface area contributed by atoms with Crippen LogP contribution in [0, 0.1) is 0 Å². The second kappa shape index (κ2) is 6.43. The summed E-state index contributed by atoms with van der Waals surface area (Å²) < 4.78 is 0. The van der Waals surface area contributed by atoms with Crippen LogP contribution in [0.5, 0.6) is 0 Å². The van der Waals surface area contributed by atoms with Crippen LogP contribution in [0.3, 0.4) is 0 Å². The van der Waals surface area contributed by atoms with Crippen molar-refractivity contribution in [2.24, 2.45) is 0 Å². The number of nitrogens with zero attached hydrogens (tertiary/aromatic N) is 1. The minimum atomic E-state index is -0.316. The Labute approximate surface area is 112 Å². The highest BCUT2D eigenvalue weighted by Crippen LogP contribution is 2.19. The monoisotopic (exact) mass is 271 g/mol. The van der Waals surface area contributed by atoms with E-state index in [0.717, 1.165) is 38.9 Å². The Morgan fingerprint density at radius 3 is 2.72 bits per heavy atom. The molecule has 0 bridgehead atoms. The fourth-order valence-corrected chi connectivity index (χ4v) is 3.32. The standard InChI is InChI=1S/C12H21N3O2S/c1-2-7-15(9-3-5-13-6-4-9)11(16)10-8-18-12(17)14-10/h9-10,13H,2-8H2,1H3,(H,14,17)/t10-/m0/s1. The third kappa shape index (κ3) is 3.17. The van der Waals surface area contributed by atoms with Crippen LogP contribution in [0.15, 0.2) is 0 Å². The Bertz CT molecular complexity index is 318. The lowest BCUT2D eigenvalue weighted by Crippen LogP contribution is -2.52. The summed E-state index contributed by atoms with van der Waals surface area (Å²) in [4.78, 5) is 25.6. The SMILES string of the molecule is CCCN(C(=O)[C@@H]1CSC(=O)N1)C1CCNCC1. The lowest BCUT2D eigenvalue weighted by Gasteiger charge is -2.35. The van der Waals surface area contributed by atoms with Gasteiger partial charge in [-0.05, 0) is 32.4 Å². The number of thioether (sulfide) groups is 1. The highest BCUT2D eigenvalue weighted by atomic mass is 32.2. The maximum Gasteiger partial charge on any atom is 0.279 e. The average molecular weight is 271 g/mol. The molecule has 0 aromatic heterocycles.